The van der Waals surface area contributed by atoms with E-state index >= 15 is 0 Å². The van der Waals surface area contributed by atoms with Crippen molar-refractivity contribution >= 4 is 11.3 Å². The standard InChI is InChI=1S/C14H18N2S/c1-8-5-9(2)11(4)13(10(8)3)14-16-12(6-15)7-17-14/h5,7H,6,15H2,1-4H3. The summed E-state index contributed by atoms with van der Waals surface area (Å²) in [6.45, 7) is 9.16. The third-order valence-corrected chi connectivity index (χ3v) is 4.25. The smallest absolute Gasteiger partial charge is 0.124 e. The maximum Gasteiger partial charge on any atom is 0.124 e. The maximum atomic E-state index is 5.62. The van der Waals surface area contributed by atoms with Crippen molar-refractivity contribution in [2.45, 2.75) is 34.2 Å². The van der Waals surface area contributed by atoms with E-state index in [9.17, 15) is 0 Å². The van der Waals surface area contributed by atoms with Crippen LogP contribution in [0.2, 0.25) is 0 Å². The summed E-state index contributed by atoms with van der Waals surface area (Å²) in [5.74, 6) is 0. The molecule has 0 saturated heterocycles. The number of aromatic nitrogens is 1. The summed E-state index contributed by atoms with van der Waals surface area (Å²) in [5.41, 5.74) is 13.2. The highest BCUT2D eigenvalue weighted by Crippen LogP contribution is 2.33. The summed E-state index contributed by atoms with van der Waals surface area (Å²) < 4.78 is 0. The van der Waals surface area contributed by atoms with Crippen LogP contribution in [0, 0.1) is 27.7 Å². The zero-order valence-electron chi connectivity index (χ0n) is 10.8. The molecule has 17 heavy (non-hydrogen) atoms. The molecule has 3 heteroatoms. The van der Waals surface area contributed by atoms with Gasteiger partial charge in [0, 0.05) is 17.5 Å². The van der Waals surface area contributed by atoms with Gasteiger partial charge >= 0.3 is 0 Å². The lowest BCUT2D eigenvalue weighted by Crippen LogP contribution is -1.98. The molecular weight excluding hydrogens is 228 g/mol. The Morgan fingerprint density at radius 1 is 1.12 bits per heavy atom. The first-order valence-corrected chi connectivity index (χ1v) is 6.64. The first-order chi connectivity index (χ1) is 8.04. The van der Waals surface area contributed by atoms with Crippen LogP contribution in [-0.4, -0.2) is 4.98 Å². The highest BCUT2D eigenvalue weighted by molar-refractivity contribution is 7.13. The minimum atomic E-state index is 0.513. The van der Waals surface area contributed by atoms with Crippen LogP contribution in [0.15, 0.2) is 11.4 Å². The molecule has 0 aliphatic carbocycles. The first-order valence-electron chi connectivity index (χ1n) is 5.76. The molecule has 0 aliphatic heterocycles. The van der Waals surface area contributed by atoms with Gasteiger partial charge < -0.3 is 5.73 Å². The second kappa shape index (κ2) is 4.59. The van der Waals surface area contributed by atoms with Gasteiger partial charge in [0.15, 0.2) is 0 Å². The summed E-state index contributed by atoms with van der Waals surface area (Å²) >= 11 is 1.68. The van der Waals surface area contributed by atoms with E-state index in [1.54, 1.807) is 11.3 Å². The van der Waals surface area contributed by atoms with Crippen LogP contribution < -0.4 is 5.73 Å². The van der Waals surface area contributed by atoms with Crippen molar-refractivity contribution in [3.8, 4) is 10.6 Å². The van der Waals surface area contributed by atoms with Crippen LogP contribution >= 0.6 is 11.3 Å². The van der Waals surface area contributed by atoms with Gasteiger partial charge in [-0.2, -0.15) is 0 Å². The molecule has 0 spiro atoms. The second-order valence-corrected chi connectivity index (χ2v) is 5.34. The lowest BCUT2D eigenvalue weighted by atomic mass is 9.95. The number of aryl methyl sites for hydroxylation is 2. The van der Waals surface area contributed by atoms with E-state index < -0.39 is 0 Å². The molecule has 0 amide bonds. The molecular formula is C14H18N2S. The molecule has 0 unspecified atom stereocenters. The van der Waals surface area contributed by atoms with Gasteiger partial charge in [0.05, 0.1) is 5.69 Å². The largest absolute Gasteiger partial charge is 0.325 e. The van der Waals surface area contributed by atoms with E-state index in [0.717, 1.165) is 10.7 Å². The number of rotatable bonds is 2. The Hall–Kier alpha value is -1.19. The number of nitrogens with two attached hydrogens (primary N) is 1. The second-order valence-electron chi connectivity index (χ2n) is 4.48. The fourth-order valence-electron chi connectivity index (χ4n) is 2.05. The molecule has 0 fully saturated rings. The molecule has 90 valence electrons. The minimum Gasteiger partial charge on any atom is -0.325 e. The predicted octanol–water partition coefficient (Wildman–Crippen LogP) is 3.50. The van der Waals surface area contributed by atoms with Gasteiger partial charge in [-0.25, -0.2) is 4.98 Å². The Morgan fingerprint density at radius 3 is 2.18 bits per heavy atom. The third kappa shape index (κ3) is 2.13. The van der Waals surface area contributed by atoms with Crippen LogP contribution in [-0.2, 0) is 6.54 Å². The molecule has 1 heterocycles. The third-order valence-electron chi connectivity index (χ3n) is 3.34. The summed E-state index contributed by atoms with van der Waals surface area (Å²) in [7, 11) is 0. The van der Waals surface area contributed by atoms with E-state index in [-0.39, 0.29) is 0 Å². The molecule has 1 aromatic heterocycles. The van der Waals surface area contributed by atoms with Crippen molar-refractivity contribution in [3.05, 3.63) is 39.4 Å². The van der Waals surface area contributed by atoms with Crippen molar-refractivity contribution in [1.29, 1.82) is 0 Å². The van der Waals surface area contributed by atoms with Crippen LogP contribution in [0.1, 0.15) is 27.9 Å². The number of hydrogen-bond donors (Lipinski definition) is 1. The van der Waals surface area contributed by atoms with Gasteiger partial charge in [-0.05, 0) is 49.9 Å². The molecule has 0 aliphatic rings. The van der Waals surface area contributed by atoms with Gasteiger partial charge in [0.25, 0.3) is 0 Å². The first kappa shape index (κ1) is 12.3. The van der Waals surface area contributed by atoms with E-state index in [2.05, 4.69) is 38.7 Å². The molecule has 2 rings (SSSR count). The van der Waals surface area contributed by atoms with Crippen molar-refractivity contribution in [3.63, 3.8) is 0 Å². The SMILES string of the molecule is Cc1cc(C)c(C)c(-c2nc(CN)cs2)c1C. The summed E-state index contributed by atoms with van der Waals surface area (Å²) in [4.78, 5) is 4.60. The van der Waals surface area contributed by atoms with Gasteiger partial charge in [-0.1, -0.05) is 6.07 Å². The normalized spacial score (nSPS) is 10.9. The van der Waals surface area contributed by atoms with Gasteiger partial charge in [-0.3, -0.25) is 0 Å². The highest BCUT2D eigenvalue weighted by atomic mass is 32.1. The topological polar surface area (TPSA) is 38.9 Å². The van der Waals surface area contributed by atoms with Crippen molar-refractivity contribution in [1.82, 2.24) is 4.98 Å². The Bertz CT molecular complexity index is 529. The van der Waals surface area contributed by atoms with Gasteiger partial charge in [-0.15, -0.1) is 11.3 Å². The molecule has 2 nitrogen and oxygen atoms in total. The maximum absolute atomic E-state index is 5.62. The Kier molecular flexibility index (Phi) is 3.31. The van der Waals surface area contributed by atoms with Crippen LogP contribution in [0.3, 0.4) is 0 Å². The van der Waals surface area contributed by atoms with E-state index in [1.165, 1.54) is 27.8 Å². The summed E-state index contributed by atoms with van der Waals surface area (Å²) in [6.07, 6.45) is 0. The number of nitrogens with zero attached hydrogens (tertiary/aromatic N) is 1. The van der Waals surface area contributed by atoms with Gasteiger partial charge in [0.1, 0.15) is 5.01 Å². The highest BCUT2D eigenvalue weighted by Gasteiger charge is 2.13. The molecule has 2 aromatic rings. The van der Waals surface area contributed by atoms with Crippen LogP contribution in [0.4, 0.5) is 0 Å². The zero-order chi connectivity index (χ0) is 12.6. The molecule has 0 saturated carbocycles. The average molecular weight is 246 g/mol. The molecule has 0 radical (unpaired) electrons. The van der Waals surface area contributed by atoms with E-state index in [0.29, 0.717) is 6.54 Å². The minimum absolute atomic E-state index is 0.513. The molecule has 0 bridgehead atoms. The summed E-state index contributed by atoms with van der Waals surface area (Å²) in [5, 5.41) is 3.14. The predicted molar refractivity (Wildman–Crippen MR) is 74.4 cm³/mol. The molecule has 1 aromatic carbocycles. The van der Waals surface area contributed by atoms with E-state index in [1.807, 2.05) is 5.38 Å². The number of thiazole rings is 1. The number of hydrogen-bond acceptors (Lipinski definition) is 3. The fraction of sp³-hybridized carbons (Fsp3) is 0.357. The van der Waals surface area contributed by atoms with Crippen LogP contribution in [0.25, 0.3) is 10.6 Å². The van der Waals surface area contributed by atoms with Crippen molar-refractivity contribution in [2.24, 2.45) is 5.73 Å². The van der Waals surface area contributed by atoms with Crippen molar-refractivity contribution < 1.29 is 0 Å². The fourth-order valence-corrected chi connectivity index (χ4v) is 3.04. The monoisotopic (exact) mass is 246 g/mol. The Morgan fingerprint density at radius 2 is 1.71 bits per heavy atom. The Labute approximate surface area is 107 Å². The zero-order valence-corrected chi connectivity index (χ0v) is 11.6. The average Bonchev–Trinajstić information content (AvgIpc) is 2.75. The van der Waals surface area contributed by atoms with Gasteiger partial charge in [0.2, 0.25) is 0 Å². The Balaban J connectivity index is 2.65. The van der Waals surface area contributed by atoms with E-state index in [4.69, 9.17) is 5.73 Å². The number of benzene rings is 1. The van der Waals surface area contributed by atoms with Crippen LogP contribution in [0.5, 0.6) is 0 Å². The van der Waals surface area contributed by atoms with Crippen molar-refractivity contribution in [2.75, 3.05) is 0 Å². The molecule has 2 N–H and O–H groups in total. The lowest BCUT2D eigenvalue weighted by molar-refractivity contribution is 1.01. The molecule has 0 atom stereocenters. The lowest BCUT2D eigenvalue weighted by Gasteiger charge is -2.13. The quantitative estimate of drug-likeness (QED) is 0.880. The summed E-state index contributed by atoms with van der Waals surface area (Å²) in [6, 6.07) is 2.24.